The number of fused-ring (bicyclic) bond motifs is 1. The molecule has 3 aromatic rings. The molecule has 4 rings (SSSR count). The zero-order valence-corrected chi connectivity index (χ0v) is 18.7. The summed E-state index contributed by atoms with van der Waals surface area (Å²) < 4.78 is 1.56. The van der Waals surface area contributed by atoms with E-state index in [2.05, 4.69) is 46.6 Å². The first-order valence-corrected chi connectivity index (χ1v) is 10.7. The minimum absolute atomic E-state index is 0.0824. The van der Waals surface area contributed by atoms with Gasteiger partial charge in [0.05, 0.1) is 16.9 Å². The minimum Gasteiger partial charge on any atom is -0.364 e. The quantitative estimate of drug-likeness (QED) is 0.587. The zero-order chi connectivity index (χ0) is 23.0. The first-order valence-electron chi connectivity index (χ1n) is 10.7. The van der Waals surface area contributed by atoms with E-state index in [9.17, 15) is 14.9 Å². The third-order valence-corrected chi connectivity index (χ3v) is 6.40. The molecule has 1 saturated heterocycles. The van der Waals surface area contributed by atoms with Crippen LogP contribution in [0, 0.1) is 11.3 Å². The third kappa shape index (κ3) is 3.76. The molecule has 0 saturated carbocycles. The van der Waals surface area contributed by atoms with Gasteiger partial charge in [0.2, 0.25) is 0 Å². The number of hydrogen-bond acceptors (Lipinski definition) is 7. The van der Waals surface area contributed by atoms with E-state index in [0.29, 0.717) is 28.8 Å². The Morgan fingerprint density at radius 2 is 1.97 bits per heavy atom. The molecule has 164 valence electrons. The molecule has 0 aromatic carbocycles. The summed E-state index contributed by atoms with van der Waals surface area (Å²) in [5, 5.41) is 9.33. The summed E-state index contributed by atoms with van der Waals surface area (Å²) in [4.78, 5) is 37.2. The van der Waals surface area contributed by atoms with Crippen LogP contribution in [-0.4, -0.2) is 50.9 Å². The van der Waals surface area contributed by atoms with Gasteiger partial charge < -0.3 is 9.47 Å². The molecule has 1 aliphatic rings. The summed E-state index contributed by atoms with van der Waals surface area (Å²) in [6.45, 7) is 7.89. The Morgan fingerprint density at radius 3 is 2.62 bits per heavy atom. The molecule has 0 spiro atoms. The second kappa shape index (κ2) is 8.52. The van der Waals surface area contributed by atoms with Crippen molar-refractivity contribution in [3.8, 4) is 6.07 Å². The Hall–Kier alpha value is -3.57. The van der Waals surface area contributed by atoms with Crippen LogP contribution < -0.4 is 10.5 Å². The number of carbonyl (C=O) groups excluding carboxylic acids is 1. The molecule has 3 atom stereocenters. The van der Waals surface area contributed by atoms with Crippen molar-refractivity contribution >= 4 is 23.0 Å². The van der Waals surface area contributed by atoms with E-state index in [4.69, 9.17) is 0 Å². The molecular formula is C24H26N6O2. The molecule has 32 heavy (non-hydrogen) atoms. The average molecular weight is 431 g/mol. The van der Waals surface area contributed by atoms with Gasteiger partial charge in [-0.1, -0.05) is 0 Å². The third-order valence-electron chi connectivity index (χ3n) is 6.40. The van der Waals surface area contributed by atoms with Gasteiger partial charge in [-0.25, -0.2) is 4.98 Å². The molecule has 0 aliphatic carbocycles. The van der Waals surface area contributed by atoms with Crippen molar-refractivity contribution in [3.05, 3.63) is 63.8 Å². The summed E-state index contributed by atoms with van der Waals surface area (Å²) in [6, 6.07) is 11.2. The number of aldehydes is 1. The van der Waals surface area contributed by atoms with Crippen LogP contribution in [0.25, 0.3) is 11.0 Å². The molecule has 0 radical (unpaired) electrons. The lowest BCUT2D eigenvalue weighted by Gasteiger charge is -2.47. The Kier molecular flexibility index (Phi) is 5.76. The molecular weight excluding hydrogens is 404 g/mol. The number of pyridine rings is 3. The lowest BCUT2D eigenvalue weighted by atomic mass is 10.0. The Morgan fingerprint density at radius 1 is 1.19 bits per heavy atom. The second-order valence-electron chi connectivity index (χ2n) is 8.46. The Bertz CT molecular complexity index is 1260. The van der Waals surface area contributed by atoms with Crippen LogP contribution in [0.5, 0.6) is 0 Å². The Labute approximate surface area is 186 Å². The SMILES string of the molecule is CC(c1ccc(C=O)cn1)N1C[C@H](C)N(c2cc(=O)n(C)c3ccc(C#N)nc23)C[C@H]1C. The number of nitrogens with zero attached hydrogens (tertiary/aromatic N) is 6. The van der Waals surface area contributed by atoms with Crippen molar-refractivity contribution in [1.29, 1.82) is 5.26 Å². The van der Waals surface area contributed by atoms with Crippen molar-refractivity contribution in [2.24, 2.45) is 7.05 Å². The van der Waals surface area contributed by atoms with Crippen LogP contribution in [0.15, 0.2) is 41.3 Å². The average Bonchev–Trinajstić information content (AvgIpc) is 2.82. The molecule has 3 aromatic heterocycles. The highest BCUT2D eigenvalue weighted by Crippen LogP contribution is 2.32. The number of piperazine rings is 1. The molecule has 8 heteroatoms. The number of aryl methyl sites for hydroxylation is 1. The van der Waals surface area contributed by atoms with E-state index < -0.39 is 0 Å². The molecule has 0 amide bonds. The molecule has 8 nitrogen and oxygen atoms in total. The highest BCUT2D eigenvalue weighted by molar-refractivity contribution is 5.89. The predicted octanol–water partition coefficient (Wildman–Crippen LogP) is 2.67. The van der Waals surface area contributed by atoms with Crippen molar-refractivity contribution in [2.75, 3.05) is 18.0 Å². The van der Waals surface area contributed by atoms with Crippen molar-refractivity contribution < 1.29 is 4.79 Å². The van der Waals surface area contributed by atoms with Crippen LogP contribution in [0.3, 0.4) is 0 Å². The maximum absolute atomic E-state index is 12.6. The van der Waals surface area contributed by atoms with Gasteiger partial charge in [-0.15, -0.1) is 0 Å². The first-order chi connectivity index (χ1) is 15.3. The summed E-state index contributed by atoms with van der Waals surface area (Å²) in [6.07, 6.45) is 2.40. The van der Waals surface area contributed by atoms with E-state index in [-0.39, 0.29) is 23.7 Å². The lowest BCUT2D eigenvalue weighted by molar-refractivity contribution is 0.112. The van der Waals surface area contributed by atoms with Crippen molar-refractivity contribution in [1.82, 2.24) is 19.4 Å². The Balaban J connectivity index is 1.67. The summed E-state index contributed by atoms with van der Waals surface area (Å²) in [5.41, 5.74) is 3.85. The lowest BCUT2D eigenvalue weighted by Crippen LogP contribution is -2.57. The fraction of sp³-hybridized carbons (Fsp3) is 0.375. The fourth-order valence-corrected chi connectivity index (χ4v) is 4.53. The van der Waals surface area contributed by atoms with Gasteiger partial charge >= 0.3 is 0 Å². The molecule has 0 N–H and O–H groups in total. The fourth-order valence-electron chi connectivity index (χ4n) is 4.53. The number of aromatic nitrogens is 3. The molecule has 0 bridgehead atoms. The highest BCUT2D eigenvalue weighted by Gasteiger charge is 2.34. The summed E-state index contributed by atoms with van der Waals surface area (Å²) in [5.74, 6) is 0. The van der Waals surface area contributed by atoms with Gasteiger partial charge in [0, 0.05) is 56.1 Å². The van der Waals surface area contributed by atoms with Crippen molar-refractivity contribution in [2.45, 2.75) is 38.9 Å². The van der Waals surface area contributed by atoms with E-state index in [0.717, 1.165) is 24.2 Å². The van der Waals surface area contributed by atoms with Gasteiger partial charge in [-0.05, 0) is 45.0 Å². The summed E-state index contributed by atoms with van der Waals surface area (Å²) >= 11 is 0. The van der Waals surface area contributed by atoms with Gasteiger partial charge in [0.15, 0.2) is 6.29 Å². The van der Waals surface area contributed by atoms with E-state index in [1.165, 1.54) is 0 Å². The number of anilines is 1. The van der Waals surface area contributed by atoms with Gasteiger partial charge in [-0.2, -0.15) is 5.26 Å². The topological polar surface area (TPSA) is 95.1 Å². The van der Waals surface area contributed by atoms with E-state index in [1.807, 2.05) is 6.07 Å². The minimum atomic E-state index is -0.103. The van der Waals surface area contributed by atoms with Crippen LogP contribution in [0.1, 0.15) is 48.6 Å². The zero-order valence-electron chi connectivity index (χ0n) is 18.7. The predicted molar refractivity (Wildman–Crippen MR) is 123 cm³/mol. The van der Waals surface area contributed by atoms with Gasteiger partial charge in [0.25, 0.3) is 5.56 Å². The molecule has 1 aliphatic heterocycles. The largest absolute Gasteiger partial charge is 0.364 e. The monoisotopic (exact) mass is 430 g/mol. The number of carbonyl (C=O) groups is 1. The van der Waals surface area contributed by atoms with Gasteiger partial charge in [0.1, 0.15) is 17.3 Å². The second-order valence-corrected chi connectivity index (χ2v) is 8.46. The van der Waals surface area contributed by atoms with E-state index >= 15 is 0 Å². The van der Waals surface area contributed by atoms with Crippen LogP contribution in [-0.2, 0) is 7.05 Å². The number of rotatable bonds is 4. The maximum Gasteiger partial charge on any atom is 0.252 e. The maximum atomic E-state index is 12.6. The van der Waals surface area contributed by atoms with Crippen LogP contribution >= 0.6 is 0 Å². The molecule has 1 fully saturated rings. The number of nitriles is 1. The van der Waals surface area contributed by atoms with Crippen LogP contribution in [0.2, 0.25) is 0 Å². The smallest absolute Gasteiger partial charge is 0.252 e. The molecule has 4 heterocycles. The highest BCUT2D eigenvalue weighted by atomic mass is 16.1. The molecule has 1 unspecified atom stereocenters. The number of hydrogen-bond donors (Lipinski definition) is 0. The van der Waals surface area contributed by atoms with Crippen LogP contribution in [0.4, 0.5) is 5.69 Å². The normalized spacial score (nSPS) is 20.2. The van der Waals surface area contributed by atoms with E-state index in [1.54, 1.807) is 42.1 Å². The van der Waals surface area contributed by atoms with Gasteiger partial charge in [-0.3, -0.25) is 19.5 Å². The first kappa shape index (κ1) is 21.7. The van der Waals surface area contributed by atoms with Crippen molar-refractivity contribution in [3.63, 3.8) is 0 Å². The standard InChI is InChI=1S/C24H26N6O2/c1-15-13-30(16(2)12-29(15)17(3)20-7-5-18(14-31)11-26-20)22-9-23(32)28(4)21-8-6-19(10-25)27-24(21)22/h5-9,11,14-17H,12-13H2,1-4H3/t15-,16+,17?/m1/s1. The summed E-state index contributed by atoms with van der Waals surface area (Å²) in [7, 11) is 1.72.